The van der Waals surface area contributed by atoms with Gasteiger partial charge in [0.25, 0.3) is 0 Å². The van der Waals surface area contributed by atoms with Crippen molar-refractivity contribution in [2.45, 2.75) is 37.1 Å². The third-order valence-corrected chi connectivity index (χ3v) is 4.84. The molecule has 1 aromatic carbocycles. The topological polar surface area (TPSA) is 70.6 Å². The highest BCUT2D eigenvalue weighted by Gasteiger charge is 2.11. The molecule has 0 saturated carbocycles. The van der Waals surface area contributed by atoms with E-state index in [0.29, 0.717) is 17.5 Å². The van der Waals surface area contributed by atoms with Crippen LogP contribution >= 0.6 is 0 Å². The Balaban J connectivity index is 1.89. The molecule has 0 fully saturated rings. The molecule has 0 saturated heterocycles. The zero-order valence-corrected chi connectivity index (χ0v) is 14.6. The van der Waals surface area contributed by atoms with E-state index in [2.05, 4.69) is 27.8 Å². The molecule has 0 amide bonds. The molecular weight excluding hydrogens is 310 g/mol. The number of nitrogens with zero attached hydrogens (tertiary/aromatic N) is 1. The van der Waals surface area contributed by atoms with E-state index in [1.165, 1.54) is 6.26 Å². The lowest BCUT2D eigenvalue weighted by molar-refractivity contribution is 0.602. The Kier molecular flexibility index (Phi) is 6.21. The quantitative estimate of drug-likeness (QED) is 0.473. The number of sulfone groups is 1. The van der Waals surface area contributed by atoms with Crippen LogP contribution in [0.3, 0.4) is 0 Å². The summed E-state index contributed by atoms with van der Waals surface area (Å²) in [5.74, 6) is 0.842. The second-order valence-corrected chi connectivity index (χ2v) is 7.73. The molecule has 0 heterocycles. The maximum absolute atomic E-state index is 11.4. The second-order valence-electron chi connectivity index (χ2n) is 5.71. The van der Waals surface area contributed by atoms with Crippen LogP contribution in [-0.2, 0) is 16.3 Å². The molecular formula is C17H25N3O2S. The summed E-state index contributed by atoms with van der Waals surface area (Å²) in [4.78, 5) is 4.95. The standard InChI is InChI=1S/C17H25N3O2S/c1-3-18-17(20-15-6-4-5-7-15)19-13-12-14-8-10-16(11-9-14)23(2,21)22/h4-5,8-11,15H,3,6-7,12-13H2,1-2H3,(H2,18,19,20). The lowest BCUT2D eigenvalue weighted by Gasteiger charge is -2.16. The van der Waals surface area contributed by atoms with Gasteiger partial charge in [0.1, 0.15) is 0 Å². The molecule has 0 unspecified atom stereocenters. The maximum Gasteiger partial charge on any atom is 0.191 e. The Morgan fingerprint density at radius 1 is 1.22 bits per heavy atom. The predicted molar refractivity (Wildman–Crippen MR) is 94.5 cm³/mol. The molecule has 6 heteroatoms. The van der Waals surface area contributed by atoms with Crippen LogP contribution < -0.4 is 10.6 Å². The van der Waals surface area contributed by atoms with Gasteiger partial charge in [0.2, 0.25) is 0 Å². The number of aliphatic imine (C=N–C) groups is 1. The molecule has 0 aromatic heterocycles. The van der Waals surface area contributed by atoms with Gasteiger partial charge < -0.3 is 10.6 Å². The Hall–Kier alpha value is -1.82. The highest BCUT2D eigenvalue weighted by molar-refractivity contribution is 7.90. The van der Waals surface area contributed by atoms with Crippen molar-refractivity contribution in [3.8, 4) is 0 Å². The molecule has 0 atom stereocenters. The third-order valence-electron chi connectivity index (χ3n) is 3.71. The lowest BCUT2D eigenvalue weighted by Crippen LogP contribution is -2.42. The Morgan fingerprint density at radius 2 is 1.87 bits per heavy atom. The first-order chi connectivity index (χ1) is 11.0. The summed E-state index contributed by atoms with van der Waals surface area (Å²) in [6.07, 6.45) is 8.45. The van der Waals surface area contributed by atoms with Crippen molar-refractivity contribution in [1.82, 2.24) is 10.6 Å². The van der Waals surface area contributed by atoms with Crippen molar-refractivity contribution < 1.29 is 8.42 Å². The lowest BCUT2D eigenvalue weighted by atomic mass is 10.1. The smallest absolute Gasteiger partial charge is 0.191 e. The molecule has 126 valence electrons. The zero-order valence-electron chi connectivity index (χ0n) is 13.7. The van der Waals surface area contributed by atoms with E-state index >= 15 is 0 Å². The van der Waals surface area contributed by atoms with Crippen LogP contribution in [-0.4, -0.2) is 39.8 Å². The van der Waals surface area contributed by atoms with Crippen LogP contribution in [0, 0.1) is 0 Å². The molecule has 2 N–H and O–H groups in total. The summed E-state index contributed by atoms with van der Waals surface area (Å²) in [6, 6.07) is 7.45. The molecule has 1 aliphatic rings. The summed E-state index contributed by atoms with van der Waals surface area (Å²) < 4.78 is 22.9. The fraction of sp³-hybridized carbons (Fsp3) is 0.471. The van der Waals surface area contributed by atoms with Gasteiger partial charge in [-0.3, -0.25) is 4.99 Å². The van der Waals surface area contributed by atoms with Crippen molar-refractivity contribution in [2.75, 3.05) is 19.3 Å². The minimum absolute atomic E-state index is 0.355. The van der Waals surface area contributed by atoms with Crippen molar-refractivity contribution >= 4 is 15.8 Å². The molecule has 0 aliphatic heterocycles. The Labute approximate surface area is 138 Å². The fourth-order valence-corrected chi connectivity index (χ4v) is 3.08. The number of nitrogens with one attached hydrogen (secondary N) is 2. The van der Waals surface area contributed by atoms with Gasteiger partial charge in [0, 0.05) is 25.4 Å². The first-order valence-corrected chi connectivity index (χ1v) is 9.87. The summed E-state index contributed by atoms with van der Waals surface area (Å²) in [7, 11) is -3.13. The van der Waals surface area contributed by atoms with Gasteiger partial charge in [-0.2, -0.15) is 0 Å². The van der Waals surface area contributed by atoms with E-state index in [0.717, 1.165) is 37.3 Å². The Bertz CT molecular complexity index is 656. The van der Waals surface area contributed by atoms with E-state index < -0.39 is 9.84 Å². The van der Waals surface area contributed by atoms with Crippen molar-refractivity contribution in [3.63, 3.8) is 0 Å². The van der Waals surface area contributed by atoms with Crippen LogP contribution in [0.1, 0.15) is 25.3 Å². The van der Waals surface area contributed by atoms with Gasteiger partial charge in [0.15, 0.2) is 15.8 Å². The maximum atomic E-state index is 11.4. The number of hydrogen-bond acceptors (Lipinski definition) is 3. The van der Waals surface area contributed by atoms with Gasteiger partial charge in [-0.1, -0.05) is 24.3 Å². The molecule has 0 radical (unpaired) electrons. The molecule has 0 spiro atoms. The minimum Gasteiger partial charge on any atom is -0.357 e. The average Bonchev–Trinajstić information content (AvgIpc) is 3.00. The van der Waals surface area contributed by atoms with Crippen LogP contribution in [0.15, 0.2) is 46.3 Å². The first-order valence-electron chi connectivity index (χ1n) is 7.98. The van der Waals surface area contributed by atoms with Crippen LogP contribution in [0.25, 0.3) is 0 Å². The summed E-state index contributed by atoms with van der Waals surface area (Å²) in [5.41, 5.74) is 1.08. The Morgan fingerprint density at radius 3 is 2.43 bits per heavy atom. The minimum atomic E-state index is -3.13. The van der Waals surface area contributed by atoms with Crippen LogP contribution in [0.5, 0.6) is 0 Å². The normalized spacial score (nSPS) is 15.8. The fourth-order valence-electron chi connectivity index (χ4n) is 2.45. The van der Waals surface area contributed by atoms with Crippen molar-refractivity contribution in [3.05, 3.63) is 42.0 Å². The van der Waals surface area contributed by atoms with E-state index in [1.807, 2.05) is 19.1 Å². The molecule has 1 aromatic rings. The van der Waals surface area contributed by atoms with E-state index in [1.54, 1.807) is 12.1 Å². The molecule has 5 nitrogen and oxygen atoms in total. The monoisotopic (exact) mass is 335 g/mol. The summed E-state index contributed by atoms with van der Waals surface area (Å²) in [6.45, 7) is 3.54. The molecule has 2 rings (SSSR count). The van der Waals surface area contributed by atoms with Gasteiger partial charge in [0.05, 0.1) is 4.90 Å². The SMILES string of the molecule is CCNC(=NCCc1ccc(S(C)(=O)=O)cc1)NC1CC=CC1. The van der Waals surface area contributed by atoms with E-state index in [-0.39, 0.29) is 0 Å². The third kappa shape index (κ3) is 5.71. The molecule has 0 bridgehead atoms. The molecule has 1 aliphatic carbocycles. The van der Waals surface area contributed by atoms with E-state index in [4.69, 9.17) is 0 Å². The number of rotatable bonds is 6. The predicted octanol–water partition coefficient (Wildman–Crippen LogP) is 1.91. The van der Waals surface area contributed by atoms with Gasteiger partial charge in [-0.25, -0.2) is 8.42 Å². The van der Waals surface area contributed by atoms with E-state index in [9.17, 15) is 8.42 Å². The number of hydrogen-bond donors (Lipinski definition) is 2. The highest BCUT2D eigenvalue weighted by Crippen LogP contribution is 2.11. The van der Waals surface area contributed by atoms with Gasteiger partial charge in [-0.15, -0.1) is 0 Å². The summed E-state index contributed by atoms with van der Waals surface area (Å²) >= 11 is 0. The molecule has 23 heavy (non-hydrogen) atoms. The average molecular weight is 335 g/mol. The van der Waals surface area contributed by atoms with Crippen molar-refractivity contribution in [1.29, 1.82) is 0 Å². The number of benzene rings is 1. The first kappa shape index (κ1) is 17.5. The number of guanidine groups is 1. The second kappa shape index (κ2) is 8.15. The summed E-state index contributed by atoms with van der Waals surface area (Å²) in [5, 5.41) is 6.69. The zero-order chi connectivity index (χ0) is 16.7. The van der Waals surface area contributed by atoms with Crippen LogP contribution in [0.2, 0.25) is 0 Å². The van der Waals surface area contributed by atoms with Crippen molar-refractivity contribution in [2.24, 2.45) is 4.99 Å². The van der Waals surface area contributed by atoms with Gasteiger partial charge >= 0.3 is 0 Å². The van der Waals surface area contributed by atoms with Crippen LogP contribution in [0.4, 0.5) is 0 Å². The largest absolute Gasteiger partial charge is 0.357 e. The van der Waals surface area contributed by atoms with Gasteiger partial charge in [-0.05, 0) is 43.9 Å². The highest BCUT2D eigenvalue weighted by atomic mass is 32.2.